The summed E-state index contributed by atoms with van der Waals surface area (Å²) in [5.41, 5.74) is 9.72. The lowest BCUT2D eigenvalue weighted by Gasteiger charge is -2.38. The standard InChI is InChI=1S/C30H36N4O6S.C27H30N2O2.C9H11NO.CH4.H3N/c1-30(2,3)40-29(35)33-16-15-22-17-27(39-19-21-11-7-5-8-12-21)26(38-4)18-24(22)25(33)20-41(36,37)28(31)34(32)23-13-9-6-10-14-23;1-29(2)25-12-8-7-11-21(25)13-14-24-23-18-26(30-3)27(17-22(23)15-16-28-24)31-19-20-9-5-4-6-10-20;1-10(2)9-6-4-3-5-8(9)7-11;;/h5-14,17-18,25,31H,15-16,19-20,32H2,1-4H3;4-14,17-18,24,28H,15-16,19H2,1-3H3;3-7H,1-2H3;1H4;1H3/b;14-13+;;;. The molecule has 0 saturated carbocycles. The molecule has 18 heteroatoms. The average molecular weight is 1180 g/mol. The molecule has 2 aliphatic heterocycles. The lowest BCUT2D eigenvalue weighted by atomic mass is 9.93. The van der Waals surface area contributed by atoms with Gasteiger partial charge in [-0.3, -0.25) is 20.1 Å². The summed E-state index contributed by atoms with van der Waals surface area (Å²) in [5.74, 6) is 7.93. The number of carbonyl (C=O) groups is 2. The number of nitrogens with zero attached hydrogens (tertiary/aromatic N) is 4. The van der Waals surface area contributed by atoms with E-state index in [2.05, 4.69) is 85.0 Å². The molecule has 0 aromatic heterocycles. The SMILES string of the molecule is C.CN(C)c1ccccc1C=O.COc1cc2c(cc1OCc1ccccc1)CCN(C(=O)OC(C)(C)C)C2CS(=O)(=O)C(=N)N(N)c1ccccc1.COc1cc2c(cc1OCc1ccccc1)CCNC2/C=C/c1ccccc1N(C)C.N. The maximum atomic E-state index is 13.6. The third kappa shape index (κ3) is 18.2. The van der Waals surface area contributed by atoms with Crippen LogP contribution in [0.2, 0.25) is 0 Å². The number of amides is 1. The Balaban J connectivity index is 0.000000264. The molecule has 0 saturated heterocycles. The van der Waals surface area contributed by atoms with Crippen LogP contribution < -0.4 is 51.1 Å². The van der Waals surface area contributed by atoms with E-state index in [9.17, 15) is 18.0 Å². The molecule has 1 amide bonds. The van der Waals surface area contributed by atoms with Crippen molar-refractivity contribution in [3.05, 3.63) is 214 Å². The van der Waals surface area contributed by atoms with E-state index in [4.69, 9.17) is 34.9 Å². The number of methoxy groups -OCH3 is 2. The number of amidine groups is 1. The molecule has 0 aliphatic carbocycles. The predicted octanol–water partition coefficient (Wildman–Crippen LogP) is 12.4. The number of para-hydroxylation sites is 3. The van der Waals surface area contributed by atoms with E-state index < -0.39 is 38.5 Å². The van der Waals surface area contributed by atoms with Gasteiger partial charge in [0.1, 0.15) is 18.8 Å². The fourth-order valence-electron chi connectivity index (χ4n) is 9.58. The highest BCUT2D eigenvalue weighted by Gasteiger charge is 2.39. The molecule has 7 aromatic carbocycles. The van der Waals surface area contributed by atoms with Gasteiger partial charge in [-0.2, -0.15) is 0 Å². The van der Waals surface area contributed by atoms with Gasteiger partial charge in [0, 0.05) is 58.2 Å². The van der Waals surface area contributed by atoms with Crippen molar-refractivity contribution < 1.29 is 41.7 Å². The molecule has 0 radical (unpaired) electrons. The van der Waals surface area contributed by atoms with Crippen LogP contribution >= 0.6 is 0 Å². The van der Waals surface area contributed by atoms with E-state index >= 15 is 0 Å². The van der Waals surface area contributed by atoms with Gasteiger partial charge < -0.3 is 45.0 Å². The number of nitrogens with one attached hydrogen (secondary N) is 2. The van der Waals surface area contributed by atoms with Crippen LogP contribution in [0.3, 0.4) is 0 Å². The Morgan fingerprint density at radius 1 is 0.682 bits per heavy atom. The summed E-state index contributed by atoms with van der Waals surface area (Å²) < 4.78 is 56.3. The lowest BCUT2D eigenvalue weighted by molar-refractivity contribution is 0.0162. The number of hydrazine groups is 1. The molecule has 2 unspecified atom stereocenters. The number of hydrogen-bond acceptors (Lipinski definition) is 15. The Morgan fingerprint density at radius 3 is 1.65 bits per heavy atom. The van der Waals surface area contributed by atoms with Gasteiger partial charge in [0.15, 0.2) is 29.3 Å². The smallest absolute Gasteiger partial charge is 0.410 e. The highest BCUT2D eigenvalue weighted by Crippen LogP contribution is 2.41. The van der Waals surface area contributed by atoms with Gasteiger partial charge in [-0.25, -0.2) is 19.1 Å². The number of rotatable bonds is 16. The third-order valence-corrected chi connectivity index (χ3v) is 15.3. The van der Waals surface area contributed by atoms with Gasteiger partial charge in [0.05, 0.1) is 37.7 Å². The maximum absolute atomic E-state index is 13.6. The molecule has 2 heterocycles. The van der Waals surface area contributed by atoms with Crippen molar-refractivity contribution in [3.8, 4) is 23.0 Å². The largest absolute Gasteiger partial charge is 0.493 e. The number of sulfone groups is 1. The van der Waals surface area contributed by atoms with Crippen LogP contribution in [0.25, 0.3) is 6.08 Å². The van der Waals surface area contributed by atoms with Crippen LogP contribution in [0.1, 0.15) is 89.6 Å². The molecule has 9 rings (SSSR count). The Hall–Kier alpha value is -8.68. The molecule has 0 bridgehead atoms. The molecule has 2 atom stereocenters. The lowest BCUT2D eigenvalue weighted by Crippen LogP contribution is -2.48. The first-order valence-electron chi connectivity index (χ1n) is 27.4. The number of nitrogens with two attached hydrogens (primary N) is 1. The summed E-state index contributed by atoms with van der Waals surface area (Å²) in [6.45, 7) is 7.23. The Morgan fingerprint density at radius 2 is 1.15 bits per heavy atom. The molecule has 7 N–H and O–H groups in total. The highest BCUT2D eigenvalue weighted by molar-refractivity contribution is 8.06. The number of hydrogen-bond donors (Lipinski definition) is 4. The number of fused-ring (bicyclic) bond motifs is 2. The van der Waals surface area contributed by atoms with Crippen molar-refractivity contribution in [2.45, 2.75) is 71.9 Å². The van der Waals surface area contributed by atoms with E-state index in [0.29, 0.717) is 42.4 Å². The minimum absolute atomic E-state index is 0. The predicted molar refractivity (Wildman–Crippen MR) is 344 cm³/mol. The van der Waals surface area contributed by atoms with Gasteiger partial charge in [0.2, 0.25) is 15.0 Å². The minimum atomic E-state index is -4.27. The van der Waals surface area contributed by atoms with E-state index in [1.165, 1.54) is 34.4 Å². The molecule has 0 spiro atoms. The van der Waals surface area contributed by atoms with E-state index in [-0.39, 0.29) is 26.2 Å². The van der Waals surface area contributed by atoms with Crippen molar-refractivity contribution >= 4 is 50.5 Å². The second-order valence-corrected chi connectivity index (χ2v) is 23.2. The van der Waals surface area contributed by atoms with Crippen molar-refractivity contribution in [3.63, 3.8) is 0 Å². The van der Waals surface area contributed by atoms with Crippen LogP contribution in [0, 0.1) is 5.41 Å². The first kappa shape index (κ1) is 67.1. The van der Waals surface area contributed by atoms with Crippen LogP contribution in [-0.2, 0) is 40.6 Å². The number of anilines is 3. The quantitative estimate of drug-likeness (QED) is 0.0232. The summed E-state index contributed by atoms with van der Waals surface area (Å²) in [7, 11) is 6.91. The van der Waals surface area contributed by atoms with Crippen LogP contribution in [0.5, 0.6) is 23.0 Å². The normalized spacial score (nSPS) is 14.1. The van der Waals surface area contributed by atoms with Gasteiger partial charge in [-0.05, 0) is 127 Å². The highest BCUT2D eigenvalue weighted by atomic mass is 32.2. The zero-order valence-corrected chi connectivity index (χ0v) is 50.4. The van der Waals surface area contributed by atoms with Crippen LogP contribution in [0.15, 0.2) is 170 Å². The van der Waals surface area contributed by atoms with Gasteiger partial charge in [-0.1, -0.05) is 129 Å². The fourth-order valence-corrected chi connectivity index (χ4v) is 10.9. The van der Waals surface area contributed by atoms with Crippen molar-refractivity contribution in [2.24, 2.45) is 5.84 Å². The van der Waals surface area contributed by atoms with Gasteiger partial charge in [0.25, 0.3) is 0 Å². The minimum Gasteiger partial charge on any atom is -0.493 e. The number of aldehydes is 1. The van der Waals surface area contributed by atoms with Crippen molar-refractivity contribution in [1.82, 2.24) is 16.4 Å². The summed E-state index contributed by atoms with van der Waals surface area (Å²) >= 11 is 0. The van der Waals surface area contributed by atoms with E-state index in [1.54, 1.807) is 64.3 Å². The topological polar surface area (TPSA) is 224 Å². The zero-order chi connectivity index (χ0) is 59.7. The third-order valence-electron chi connectivity index (χ3n) is 13.8. The van der Waals surface area contributed by atoms with E-state index in [1.807, 2.05) is 97.9 Å². The number of ether oxygens (including phenoxy) is 5. The molecule has 17 nitrogen and oxygen atoms in total. The number of benzene rings is 7. The Labute approximate surface area is 502 Å². The molecular weight excluding hydrogens is 1090 g/mol. The molecule has 452 valence electrons. The second kappa shape index (κ2) is 31.3. The first-order valence-corrected chi connectivity index (χ1v) is 29.0. The van der Waals surface area contributed by atoms with E-state index in [0.717, 1.165) is 63.7 Å². The van der Waals surface area contributed by atoms with Crippen LogP contribution in [-0.4, -0.2) is 97.7 Å². The molecular formula is C67H84N8O9S. The molecule has 85 heavy (non-hydrogen) atoms. The van der Waals surface area contributed by atoms with Crippen LogP contribution in [0.4, 0.5) is 21.9 Å². The van der Waals surface area contributed by atoms with Crippen molar-refractivity contribution in [2.75, 3.05) is 76.1 Å². The zero-order valence-electron chi connectivity index (χ0n) is 49.6. The summed E-state index contributed by atoms with van der Waals surface area (Å²) in [5, 5.41) is 12.1. The molecule has 0 fully saturated rings. The van der Waals surface area contributed by atoms with Gasteiger partial charge >= 0.3 is 6.09 Å². The molecule has 2 aliphatic rings. The number of carbonyl (C=O) groups excluding carboxylic acids is 2. The Bertz CT molecular complexity index is 3430. The second-order valence-electron chi connectivity index (χ2n) is 21.2. The summed E-state index contributed by atoms with van der Waals surface area (Å²) in [4.78, 5) is 29.3. The maximum Gasteiger partial charge on any atom is 0.410 e. The van der Waals surface area contributed by atoms with Crippen molar-refractivity contribution in [1.29, 1.82) is 5.41 Å². The molecule has 7 aromatic rings. The fraction of sp³-hybridized carbons (Fsp3) is 0.299. The average Bonchev–Trinajstić information content (AvgIpc) is 2.13. The van der Waals surface area contributed by atoms with Gasteiger partial charge in [-0.15, -0.1) is 0 Å². The monoisotopic (exact) mass is 1180 g/mol. The summed E-state index contributed by atoms with van der Waals surface area (Å²) in [6.07, 6.45) is 6.08. The summed E-state index contributed by atoms with van der Waals surface area (Å²) in [6, 6.07) is 51.2. The first-order chi connectivity index (χ1) is 39.8. The Kier molecular flexibility index (Phi) is 24.7.